The molecule has 0 aliphatic carbocycles. The first-order valence-corrected chi connectivity index (χ1v) is 11.9. The van der Waals surface area contributed by atoms with Gasteiger partial charge in [0, 0.05) is 36.6 Å². The zero-order valence-corrected chi connectivity index (χ0v) is 18.4. The van der Waals surface area contributed by atoms with Gasteiger partial charge in [0.25, 0.3) is 0 Å². The standard InChI is InChI=1S/C10H17N3.C9H10O6S2/c1-2-5-11-9(4-1)8-10-12-6-3-7-13-10;1-14-15-16-7-2-4-8(5-3-7)17(12,13)6-9(10)11/h4,11H,1-3,5-8H2,(H,12,13);2-5H,6H2,1H3,(H,10,11)/p-1. The van der Waals surface area contributed by atoms with E-state index in [2.05, 4.69) is 30.9 Å². The number of nitrogens with one attached hydrogen (secondary N) is 2. The highest BCUT2D eigenvalue weighted by Gasteiger charge is 2.14. The second kappa shape index (κ2) is 12.6. The Bertz CT molecular complexity index is 830. The number of carbonyl (C=O) groups is 1. The fourth-order valence-electron chi connectivity index (χ4n) is 2.73. The monoisotopic (exact) mass is 456 g/mol. The van der Waals surface area contributed by atoms with Gasteiger partial charge in [-0.3, -0.25) is 4.99 Å². The third-order valence-electron chi connectivity index (χ3n) is 4.14. The van der Waals surface area contributed by atoms with Gasteiger partial charge in [-0.05, 0) is 43.5 Å². The Morgan fingerprint density at radius 3 is 2.50 bits per heavy atom. The van der Waals surface area contributed by atoms with Gasteiger partial charge in [-0.25, -0.2) is 13.3 Å². The molecule has 1 aromatic carbocycles. The number of carboxylic acid groups (broad SMARTS) is 1. The smallest absolute Gasteiger partial charge is 0.183 e. The topological polar surface area (TPSA) is 129 Å². The van der Waals surface area contributed by atoms with Crippen LogP contribution in [-0.4, -0.2) is 52.7 Å². The molecule has 0 unspecified atom stereocenters. The number of sulfone groups is 1. The number of nitrogens with zero attached hydrogens (tertiary/aromatic N) is 1. The van der Waals surface area contributed by atoms with E-state index in [0.717, 1.165) is 43.9 Å². The van der Waals surface area contributed by atoms with Crippen LogP contribution >= 0.6 is 12.0 Å². The summed E-state index contributed by atoms with van der Waals surface area (Å²) in [4.78, 5) is 19.6. The molecule has 3 rings (SSSR count). The summed E-state index contributed by atoms with van der Waals surface area (Å²) in [6.45, 7) is 3.21. The Hall–Kier alpha value is -2.08. The van der Waals surface area contributed by atoms with Crippen molar-refractivity contribution in [2.75, 3.05) is 32.5 Å². The molecule has 0 spiro atoms. The van der Waals surface area contributed by atoms with E-state index in [1.54, 1.807) is 0 Å². The van der Waals surface area contributed by atoms with Crippen molar-refractivity contribution in [2.24, 2.45) is 4.99 Å². The average molecular weight is 457 g/mol. The Morgan fingerprint density at radius 2 is 1.93 bits per heavy atom. The number of benzene rings is 1. The van der Waals surface area contributed by atoms with Crippen LogP contribution in [0.15, 0.2) is 50.8 Å². The Balaban J connectivity index is 0.000000220. The van der Waals surface area contributed by atoms with Crippen molar-refractivity contribution in [3.05, 3.63) is 36.0 Å². The van der Waals surface area contributed by atoms with Crippen molar-refractivity contribution in [2.45, 2.75) is 35.5 Å². The maximum absolute atomic E-state index is 11.5. The van der Waals surface area contributed by atoms with Gasteiger partial charge in [0.05, 0.1) is 35.8 Å². The summed E-state index contributed by atoms with van der Waals surface area (Å²) in [6.07, 6.45) is 6.93. The van der Waals surface area contributed by atoms with Crippen molar-refractivity contribution in [3.63, 3.8) is 0 Å². The second-order valence-corrected chi connectivity index (χ2v) is 9.27. The lowest BCUT2D eigenvalue weighted by Crippen LogP contribution is -2.32. The van der Waals surface area contributed by atoms with Crippen LogP contribution in [0.25, 0.3) is 0 Å². The second-order valence-electron chi connectivity index (χ2n) is 6.50. The van der Waals surface area contributed by atoms with E-state index in [-0.39, 0.29) is 4.90 Å². The number of carboxylic acids is 1. The summed E-state index contributed by atoms with van der Waals surface area (Å²) in [7, 11) is -2.50. The zero-order valence-electron chi connectivity index (χ0n) is 16.8. The van der Waals surface area contributed by atoms with E-state index >= 15 is 0 Å². The molecule has 2 aliphatic rings. The van der Waals surface area contributed by atoms with Crippen molar-refractivity contribution < 1.29 is 27.5 Å². The van der Waals surface area contributed by atoms with Crippen molar-refractivity contribution in [1.29, 1.82) is 0 Å². The van der Waals surface area contributed by atoms with Gasteiger partial charge in [-0.15, -0.1) is 0 Å². The van der Waals surface area contributed by atoms with Crippen molar-refractivity contribution in [1.82, 2.24) is 10.6 Å². The van der Waals surface area contributed by atoms with Gasteiger partial charge in [0.2, 0.25) is 0 Å². The van der Waals surface area contributed by atoms with Crippen LogP contribution in [0.3, 0.4) is 0 Å². The minimum Gasteiger partial charge on any atom is -0.549 e. The molecule has 166 valence electrons. The molecule has 0 amide bonds. The lowest BCUT2D eigenvalue weighted by Gasteiger charge is -2.19. The molecule has 0 saturated carbocycles. The van der Waals surface area contributed by atoms with Crippen LogP contribution in [0.4, 0.5) is 0 Å². The molecule has 0 aromatic heterocycles. The Kier molecular flexibility index (Phi) is 10.1. The highest BCUT2D eigenvalue weighted by molar-refractivity contribution is 7.94. The molecule has 0 bridgehead atoms. The number of allylic oxidation sites excluding steroid dienone is 1. The lowest BCUT2D eigenvalue weighted by atomic mass is 10.1. The summed E-state index contributed by atoms with van der Waals surface area (Å²) < 4.78 is 27.5. The molecule has 9 nitrogen and oxygen atoms in total. The highest BCUT2D eigenvalue weighted by Crippen LogP contribution is 2.21. The SMILES string of the molecule is C1=C(CC2=NCCCN2)NCCC1.COOSc1ccc(S(=O)(=O)CC(=O)[O-])cc1. The minimum absolute atomic E-state index is 0.0801. The van der Waals surface area contributed by atoms with Crippen LogP contribution in [0.5, 0.6) is 0 Å². The number of aliphatic carboxylic acids is 1. The summed E-state index contributed by atoms with van der Waals surface area (Å²) in [5.41, 5.74) is 1.35. The van der Waals surface area contributed by atoms with Crippen LogP contribution < -0.4 is 15.7 Å². The fraction of sp³-hybridized carbons (Fsp3) is 0.474. The number of carbonyl (C=O) groups excluding carboxylic acids is 1. The van der Waals surface area contributed by atoms with E-state index in [0.29, 0.717) is 4.90 Å². The van der Waals surface area contributed by atoms with Crippen LogP contribution in [0.1, 0.15) is 25.7 Å². The first-order chi connectivity index (χ1) is 14.4. The molecule has 2 heterocycles. The quantitative estimate of drug-likeness (QED) is 0.332. The van der Waals surface area contributed by atoms with Crippen molar-refractivity contribution >= 4 is 33.7 Å². The maximum atomic E-state index is 11.5. The molecule has 2 aliphatic heterocycles. The van der Waals surface area contributed by atoms with Gasteiger partial charge in [0.1, 0.15) is 5.84 Å². The Labute approximate surface area is 181 Å². The van der Waals surface area contributed by atoms with Crippen LogP contribution in [-0.2, 0) is 23.9 Å². The first-order valence-electron chi connectivity index (χ1n) is 9.51. The van der Waals surface area contributed by atoms with E-state index in [9.17, 15) is 18.3 Å². The largest absolute Gasteiger partial charge is 0.549 e. The highest BCUT2D eigenvalue weighted by atomic mass is 32.2. The van der Waals surface area contributed by atoms with Gasteiger partial charge in [-0.1, -0.05) is 6.08 Å². The molecule has 0 atom stereocenters. The number of hydrogen-bond donors (Lipinski definition) is 2. The number of aliphatic imine (C=N–C) groups is 1. The fourth-order valence-corrected chi connectivity index (χ4v) is 4.15. The molecule has 1 aromatic rings. The molecule has 0 saturated heterocycles. The normalized spacial score (nSPS) is 16.2. The predicted molar refractivity (Wildman–Crippen MR) is 112 cm³/mol. The summed E-state index contributed by atoms with van der Waals surface area (Å²) >= 11 is 0.908. The molecular weight excluding hydrogens is 430 g/mol. The number of rotatable bonds is 8. The van der Waals surface area contributed by atoms with Crippen LogP contribution in [0.2, 0.25) is 0 Å². The van der Waals surface area contributed by atoms with E-state index < -0.39 is 21.6 Å². The van der Waals surface area contributed by atoms with Crippen molar-refractivity contribution in [3.8, 4) is 0 Å². The maximum Gasteiger partial charge on any atom is 0.183 e. The van der Waals surface area contributed by atoms with E-state index in [1.165, 1.54) is 56.3 Å². The molecule has 30 heavy (non-hydrogen) atoms. The molecule has 0 radical (unpaired) electrons. The third kappa shape index (κ3) is 8.74. The predicted octanol–water partition coefficient (Wildman–Crippen LogP) is 0.831. The number of hydrogen-bond acceptors (Lipinski definition) is 10. The summed E-state index contributed by atoms with van der Waals surface area (Å²) in [6, 6.07) is 5.54. The summed E-state index contributed by atoms with van der Waals surface area (Å²) in [5.74, 6) is -1.51. The van der Waals surface area contributed by atoms with E-state index in [1.807, 2.05) is 0 Å². The first kappa shape index (κ1) is 24.2. The zero-order chi connectivity index (χ0) is 21.8. The minimum atomic E-state index is -3.84. The Morgan fingerprint density at radius 1 is 1.20 bits per heavy atom. The van der Waals surface area contributed by atoms with E-state index in [4.69, 9.17) is 0 Å². The molecular formula is C19H26N3O6S2-. The third-order valence-corrected chi connectivity index (χ3v) is 6.41. The van der Waals surface area contributed by atoms with Gasteiger partial charge in [0.15, 0.2) is 9.84 Å². The molecule has 2 N–H and O–H groups in total. The van der Waals surface area contributed by atoms with Gasteiger partial charge >= 0.3 is 0 Å². The lowest BCUT2D eigenvalue weighted by molar-refractivity contribution is -0.301. The van der Waals surface area contributed by atoms with Gasteiger partial charge < -0.3 is 20.5 Å². The van der Waals surface area contributed by atoms with Gasteiger partial charge in [-0.2, -0.15) is 4.33 Å². The number of amidine groups is 1. The van der Waals surface area contributed by atoms with Crippen LogP contribution in [0, 0.1) is 0 Å². The molecule has 11 heteroatoms. The summed E-state index contributed by atoms with van der Waals surface area (Å²) in [5, 5.41) is 17.0. The molecule has 0 fully saturated rings. The average Bonchev–Trinajstić information content (AvgIpc) is 2.74.